The van der Waals surface area contributed by atoms with E-state index in [0.29, 0.717) is 5.69 Å². The van der Waals surface area contributed by atoms with Gasteiger partial charge in [0, 0.05) is 20.1 Å². The first-order chi connectivity index (χ1) is 7.50. The van der Waals surface area contributed by atoms with Crippen molar-refractivity contribution in [2.45, 2.75) is 0 Å². The highest BCUT2D eigenvalue weighted by atomic mass is 32.1. The molecule has 1 heterocycles. The van der Waals surface area contributed by atoms with Gasteiger partial charge in [-0.3, -0.25) is 0 Å². The van der Waals surface area contributed by atoms with Crippen LogP contribution in [0, 0.1) is 0 Å². The van der Waals surface area contributed by atoms with E-state index < -0.39 is 0 Å². The third-order valence-electron chi connectivity index (χ3n) is 2.16. The van der Waals surface area contributed by atoms with Gasteiger partial charge in [-0.15, -0.1) is 0 Å². The minimum Gasteiger partial charge on any atom is -0.388 e. The lowest BCUT2D eigenvalue weighted by Crippen LogP contribution is -2.29. The van der Waals surface area contributed by atoms with Crippen molar-refractivity contribution in [1.29, 1.82) is 0 Å². The minimum atomic E-state index is 0.273. The Morgan fingerprint density at radius 1 is 1.25 bits per heavy atom. The van der Waals surface area contributed by atoms with E-state index in [1.807, 2.05) is 26.0 Å². The van der Waals surface area contributed by atoms with Crippen molar-refractivity contribution in [2.24, 2.45) is 5.73 Å². The Bertz CT molecular complexity index is 349. The van der Waals surface area contributed by atoms with Gasteiger partial charge < -0.3 is 15.5 Å². The van der Waals surface area contributed by atoms with E-state index in [-0.39, 0.29) is 4.99 Å². The summed E-state index contributed by atoms with van der Waals surface area (Å²) < 4.78 is 0. The Morgan fingerprint density at radius 3 is 2.38 bits per heavy atom. The molecule has 88 valence electrons. The Labute approximate surface area is 101 Å². The molecule has 0 aliphatic carbocycles. The zero-order chi connectivity index (χ0) is 12.1. The molecule has 1 aromatic rings. The average molecular weight is 239 g/mol. The first kappa shape index (κ1) is 12.8. The van der Waals surface area contributed by atoms with Gasteiger partial charge in [-0.25, -0.2) is 9.97 Å². The Kier molecular flexibility index (Phi) is 4.57. The summed E-state index contributed by atoms with van der Waals surface area (Å²) in [7, 11) is 6.05. The summed E-state index contributed by atoms with van der Waals surface area (Å²) in [6.45, 7) is 1.86. The van der Waals surface area contributed by atoms with Crippen molar-refractivity contribution in [3.05, 3.63) is 18.1 Å². The number of thiocarbonyl (C=S) groups is 1. The fourth-order valence-corrected chi connectivity index (χ4v) is 1.22. The standard InChI is InChI=1S/C10H17N5S/c1-14(2)4-5-15(3)9-7-12-8(6-13-9)10(11)16/h6-7H,4-5H2,1-3H3,(H2,11,16). The third kappa shape index (κ3) is 3.71. The minimum absolute atomic E-state index is 0.273. The predicted octanol–water partition coefficient (Wildman–Crippen LogP) is 0.109. The van der Waals surface area contributed by atoms with Gasteiger partial charge in [0.15, 0.2) is 0 Å². The van der Waals surface area contributed by atoms with Crippen molar-refractivity contribution in [3.63, 3.8) is 0 Å². The number of hydrogen-bond acceptors (Lipinski definition) is 5. The molecule has 0 radical (unpaired) electrons. The van der Waals surface area contributed by atoms with E-state index in [0.717, 1.165) is 18.9 Å². The van der Waals surface area contributed by atoms with Crippen LogP contribution in [0.4, 0.5) is 5.82 Å². The van der Waals surface area contributed by atoms with Crippen LogP contribution in [0.5, 0.6) is 0 Å². The van der Waals surface area contributed by atoms with Gasteiger partial charge in [0.05, 0.1) is 12.4 Å². The van der Waals surface area contributed by atoms with Crippen LogP contribution >= 0.6 is 12.2 Å². The van der Waals surface area contributed by atoms with Crippen molar-refractivity contribution in [1.82, 2.24) is 14.9 Å². The first-order valence-electron chi connectivity index (χ1n) is 4.98. The Hall–Kier alpha value is -1.27. The van der Waals surface area contributed by atoms with Crippen LogP contribution in [0.25, 0.3) is 0 Å². The third-order valence-corrected chi connectivity index (χ3v) is 2.37. The molecule has 0 bridgehead atoms. The second-order valence-corrected chi connectivity index (χ2v) is 4.29. The van der Waals surface area contributed by atoms with Crippen LogP contribution in [0.1, 0.15) is 5.69 Å². The second kappa shape index (κ2) is 5.72. The molecule has 0 spiro atoms. The van der Waals surface area contributed by atoms with Gasteiger partial charge >= 0.3 is 0 Å². The maximum Gasteiger partial charge on any atom is 0.146 e. The summed E-state index contributed by atoms with van der Waals surface area (Å²) in [5, 5.41) is 0. The van der Waals surface area contributed by atoms with Crippen molar-refractivity contribution >= 4 is 23.0 Å². The topological polar surface area (TPSA) is 58.3 Å². The highest BCUT2D eigenvalue weighted by Crippen LogP contribution is 2.06. The molecule has 0 saturated carbocycles. The summed E-state index contributed by atoms with van der Waals surface area (Å²) in [6.07, 6.45) is 3.29. The summed E-state index contributed by atoms with van der Waals surface area (Å²) in [6, 6.07) is 0. The quantitative estimate of drug-likeness (QED) is 0.736. The molecule has 1 rings (SSSR count). The van der Waals surface area contributed by atoms with E-state index in [4.69, 9.17) is 18.0 Å². The molecule has 0 amide bonds. The smallest absolute Gasteiger partial charge is 0.146 e. The number of nitrogens with two attached hydrogens (primary N) is 1. The van der Waals surface area contributed by atoms with Crippen LogP contribution in [-0.4, -0.2) is 54.1 Å². The number of anilines is 1. The fraction of sp³-hybridized carbons (Fsp3) is 0.500. The monoisotopic (exact) mass is 239 g/mol. The maximum absolute atomic E-state index is 5.45. The van der Waals surface area contributed by atoms with Crippen LogP contribution in [0.2, 0.25) is 0 Å². The lowest BCUT2D eigenvalue weighted by atomic mass is 10.4. The van der Waals surface area contributed by atoms with Crippen molar-refractivity contribution in [2.75, 3.05) is 39.1 Å². The fourth-order valence-electron chi connectivity index (χ4n) is 1.11. The van der Waals surface area contributed by atoms with Crippen molar-refractivity contribution in [3.8, 4) is 0 Å². The van der Waals surface area contributed by atoms with E-state index in [1.54, 1.807) is 12.4 Å². The highest BCUT2D eigenvalue weighted by Gasteiger charge is 2.04. The van der Waals surface area contributed by atoms with Crippen LogP contribution in [0.3, 0.4) is 0 Å². The van der Waals surface area contributed by atoms with Gasteiger partial charge in [-0.05, 0) is 14.1 Å². The van der Waals surface area contributed by atoms with E-state index in [1.165, 1.54) is 0 Å². The molecule has 0 atom stereocenters. The molecule has 0 aliphatic heterocycles. The predicted molar refractivity (Wildman–Crippen MR) is 69.7 cm³/mol. The summed E-state index contributed by atoms with van der Waals surface area (Å²) in [5.74, 6) is 0.821. The summed E-state index contributed by atoms with van der Waals surface area (Å²) >= 11 is 4.81. The Balaban J connectivity index is 2.63. The SMILES string of the molecule is CN(C)CCN(C)c1cnc(C(N)=S)cn1. The molecule has 6 heteroatoms. The zero-order valence-corrected chi connectivity index (χ0v) is 10.7. The van der Waals surface area contributed by atoms with E-state index in [2.05, 4.69) is 14.9 Å². The molecule has 16 heavy (non-hydrogen) atoms. The van der Waals surface area contributed by atoms with Gasteiger partial charge in [0.25, 0.3) is 0 Å². The number of aromatic nitrogens is 2. The number of likely N-dealkylation sites (N-methyl/N-ethyl adjacent to an activating group) is 2. The van der Waals surface area contributed by atoms with E-state index in [9.17, 15) is 0 Å². The lowest BCUT2D eigenvalue weighted by molar-refractivity contribution is 0.416. The van der Waals surface area contributed by atoms with Gasteiger partial charge in [-0.2, -0.15) is 0 Å². The van der Waals surface area contributed by atoms with Crippen molar-refractivity contribution < 1.29 is 0 Å². The molecule has 0 fully saturated rings. The molecule has 0 saturated heterocycles. The molecule has 1 aromatic heterocycles. The van der Waals surface area contributed by atoms with E-state index >= 15 is 0 Å². The zero-order valence-electron chi connectivity index (χ0n) is 9.84. The molecular formula is C10H17N5S. The first-order valence-corrected chi connectivity index (χ1v) is 5.39. The summed E-state index contributed by atoms with van der Waals surface area (Å²) in [4.78, 5) is 12.8. The van der Waals surface area contributed by atoms with Crippen LogP contribution in [0.15, 0.2) is 12.4 Å². The van der Waals surface area contributed by atoms with Gasteiger partial charge in [0.2, 0.25) is 0 Å². The summed E-state index contributed by atoms with van der Waals surface area (Å²) in [5.41, 5.74) is 6.00. The molecule has 0 aromatic carbocycles. The number of nitrogens with zero attached hydrogens (tertiary/aromatic N) is 4. The second-order valence-electron chi connectivity index (χ2n) is 3.85. The van der Waals surface area contributed by atoms with Crippen LogP contribution in [-0.2, 0) is 0 Å². The largest absolute Gasteiger partial charge is 0.388 e. The molecular weight excluding hydrogens is 222 g/mol. The molecule has 5 nitrogen and oxygen atoms in total. The lowest BCUT2D eigenvalue weighted by Gasteiger charge is -2.20. The molecule has 0 unspecified atom stereocenters. The molecule has 2 N–H and O–H groups in total. The maximum atomic E-state index is 5.45. The van der Waals surface area contributed by atoms with Gasteiger partial charge in [-0.1, -0.05) is 12.2 Å². The highest BCUT2D eigenvalue weighted by molar-refractivity contribution is 7.80. The average Bonchev–Trinajstić information content (AvgIpc) is 2.26. The normalized spacial score (nSPS) is 10.5. The number of hydrogen-bond donors (Lipinski definition) is 1. The Morgan fingerprint density at radius 2 is 1.94 bits per heavy atom. The molecule has 0 aliphatic rings. The number of rotatable bonds is 5. The van der Waals surface area contributed by atoms with Crippen LogP contribution < -0.4 is 10.6 Å². The van der Waals surface area contributed by atoms with Gasteiger partial charge in [0.1, 0.15) is 16.5 Å².